The average molecular weight is 427 g/mol. The van der Waals surface area contributed by atoms with Crippen molar-refractivity contribution < 1.29 is 17.6 Å². The zero-order valence-electron chi connectivity index (χ0n) is 13.3. The zero-order valence-corrected chi connectivity index (χ0v) is 15.7. The number of hydrogen-bond acceptors (Lipinski definition) is 3. The van der Waals surface area contributed by atoms with E-state index in [-0.39, 0.29) is 23.2 Å². The minimum absolute atomic E-state index is 0.128. The second-order valence-corrected chi connectivity index (χ2v) is 8.54. The minimum atomic E-state index is -3.64. The van der Waals surface area contributed by atoms with E-state index < -0.39 is 15.8 Å². The summed E-state index contributed by atoms with van der Waals surface area (Å²) in [5, 5.41) is 2.93. The van der Waals surface area contributed by atoms with Crippen LogP contribution in [0.5, 0.6) is 0 Å². The van der Waals surface area contributed by atoms with Crippen molar-refractivity contribution in [2.45, 2.75) is 18.9 Å². The van der Waals surface area contributed by atoms with E-state index in [0.717, 1.165) is 35.2 Å². The second kappa shape index (κ2) is 6.76. The highest BCUT2D eigenvalue weighted by Crippen LogP contribution is 2.35. The Hall–Kier alpha value is -1.93. The topological polar surface area (TPSA) is 75.3 Å². The maximum absolute atomic E-state index is 13.7. The largest absolute Gasteiger partial charge is 0.345 e. The van der Waals surface area contributed by atoms with Crippen LogP contribution < -0.4 is 10.0 Å². The van der Waals surface area contributed by atoms with Crippen LogP contribution in [-0.2, 0) is 16.4 Å². The number of anilines is 1. The monoisotopic (exact) mass is 426 g/mol. The summed E-state index contributed by atoms with van der Waals surface area (Å²) < 4.78 is 39.4. The highest BCUT2D eigenvalue weighted by atomic mass is 79.9. The lowest BCUT2D eigenvalue weighted by Gasteiger charge is -2.15. The number of amides is 1. The number of sulfonamides is 1. The predicted molar refractivity (Wildman–Crippen MR) is 97.5 cm³/mol. The third-order valence-electron chi connectivity index (χ3n) is 4.04. The second-order valence-electron chi connectivity index (χ2n) is 5.94. The van der Waals surface area contributed by atoms with Crippen molar-refractivity contribution in [2.24, 2.45) is 0 Å². The van der Waals surface area contributed by atoms with Gasteiger partial charge in [0.2, 0.25) is 10.0 Å². The Morgan fingerprint density at radius 2 is 2.04 bits per heavy atom. The van der Waals surface area contributed by atoms with Crippen LogP contribution in [0, 0.1) is 5.82 Å². The van der Waals surface area contributed by atoms with Gasteiger partial charge in [-0.1, -0.05) is 28.1 Å². The molecule has 0 aromatic heterocycles. The van der Waals surface area contributed by atoms with E-state index in [1.165, 1.54) is 17.7 Å². The third kappa shape index (κ3) is 4.01. The van der Waals surface area contributed by atoms with Gasteiger partial charge in [0.25, 0.3) is 5.91 Å². The van der Waals surface area contributed by atoms with Crippen LogP contribution in [0.25, 0.3) is 0 Å². The first-order valence-electron chi connectivity index (χ1n) is 7.60. The molecule has 2 aromatic rings. The zero-order chi connectivity index (χ0) is 18.2. The fourth-order valence-corrected chi connectivity index (χ4v) is 4.08. The summed E-state index contributed by atoms with van der Waals surface area (Å²) in [7, 11) is -3.64. The molecule has 0 bridgehead atoms. The highest BCUT2D eigenvalue weighted by Gasteiger charge is 2.26. The smallest absolute Gasteiger partial charge is 0.251 e. The van der Waals surface area contributed by atoms with Crippen molar-refractivity contribution in [3.8, 4) is 0 Å². The van der Waals surface area contributed by atoms with Crippen molar-refractivity contribution in [3.63, 3.8) is 0 Å². The summed E-state index contributed by atoms with van der Waals surface area (Å²) in [6, 6.07) is 9.32. The van der Waals surface area contributed by atoms with Crippen LogP contribution in [0.1, 0.15) is 33.9 Å². The molecule has 132 valence electrons. The molecule has 0 heterocycles. The normalized spacial score (nSPS) is 16.4. The summed E-state index contributed by atoms with van der Waals surface area (Å²) in [6.45, 7) is 0. The fraction of sp³-hybridized carbons (Fsp3) is 0.235. The highest BCUT2D eigenvalue weighted by molar-refractivity contribution is 9.10. The molecule has 8 heteroatoms. The van der Waals surface area contributed by atoms with E-state index in [2.05, 4.69) is 26.0 Å². The molecule has 1 amide bonds. The fourth-order valence-electron chi connectivity index (χ4n) is 2.95. The molecule has 1 unspecified atom stereocenters. The van der Waals surface area contributed by atoms with E-state index in [0.29, 0.717) is 0 Å². The SMILES string of the molecule is CS(=O)(=O)Nc1cc(C(=O)NC2CCc3c(Br)cccc32)ccc1F. The number of rotatable bonds is 4. The summed E-state index contributed by atoms with van der Waals surface area (Å²) in [6.07, 6.45) is 2.55. The van der Waals surface area contributed by atoms with Crippen LogP contribution in [0.4, 0.5) is 10.1 Å². The predicted octanol–water partition coefficient (Wildman–Crippen LogP) is 3.38. The van der Waals surface area contributed by atoms with Crippen molar-refractivity contribution in [2.75, 3.05) is 11.0 Å². The van der Waals surface area contributed by atoms with E-state index in [9.17, 15) is 17.6 Å². The van der Waals surface area contributed by atoms with Gasteiger partial charge in [-0.2, -0.15) is 0 Å². The molecule has 0 saturated heterocycles. The van der Waals surface area contributed by atoms with E-state index in [1.807, 2.05) is 18.2 Å². The summed E-state index contributed by atoms with van der Waals surface area (Å²) in [5.74, 6) is -1.12. The van der Waals surface area contributed by atoms with Crippen LogP contribution in [0.15, 0.2) is 40.9 Å². The molecular formula is C17H16BrFN2O3S. The van der Waals surface area contributed by atoms with Gasteiger partial charge in [0.1, 0.15) is 5.82 Å². The molecule has 25 heavy (non-hydrogen) atoms. The van der Waals surface area contributed by atoms with Crippen molar-refractivity contribution in [3.05, 3.63) is 63.4 Å². The van der Waals surface area contributed by atoms with Gasteiger partial charge in [0.05, 0.1) is 18.0 Å². The van der Waals surface area contributed by atoms with Gasteiger partial charge < -0.3 is 5.32 Å². The van der Waals surface area contributed by atoms with Gasteiger partial charge in [-0.05, 0) is 48.2 Å². The van der Waals surface area contributed by atoms with Gasteiger partial charge in [-0.3, -0.25) is 9.52 Å². The van der Waals surface area contributed by atoms with Crippen LogP contribution >= 0.6 is 15.9 Å². The molecular weight excluding hydrogens is 411 g/mol. The first-order chi connectivity index (χ1) is 11.7. The number of fused-ring (bicyclic) bond motifs is 1. The molecule has 1 aliphatic carbocycles. The number of carbonyl (C=O) groups excluding carboxylic acids is 1. The van der Waals surface area contributed by atoms with Crippen LogP contribution in [0.2, 0.25) is 0 Å². The summed E-state index contributed by atoms with van der Waals surface area (Å²) in [5.41, 5.74) is 2.17. The molecule has 0 fully saturated rings. The molecule has 1 aliphatic rings. The van der Waals surface area contributed by atoms with Gasteiger partial charge in [-0.15, -0.1) is 0 Å². The third-order valence-corrected chi connectivity index (χ3v) is 5.38. The number of nitrogens with one attached hydrogen (secondary N) is 2. The molecule has 0 spiro atoms. The van der Waals surface area contributed by atoms with Gasteiger partial charge in [0, 0.05) is 10.0 Å². The Labute approximate surface area is 153 Å². The number of benzene rings is 2. The molecule has 0 aliphatic heterocycles. The lowest BCUT2D eigenvalue weighted by molar-refractivity contribution is 0.0936. The molecule has 1 atom stereocenters. The maximum atomic E-state index is 13.7. The molecule has 3 rings (SSSR count). The first-order valence-corrected chi connectivity index (χ1v) is 10.3. The quantitative estimate of drug-likeness (QED) is 0.786. The van der Waals surface area contributed by atoms with E-state index >= 15 is 0 Å². The molecule has 0 radical (unpaired) electrons. The Bertz CT molecular complexity index is 947. The van der Waals surface area contributed by atoms with Gasteiger partial charge in [0.15, 0.2) is 0 Å². The van der Waals surface area contributed by atoms with Crippen molar-refractivity contribution >= 4 is 37.5 Å². The van der Waals surface area contributed by atoms with E-state index in [4.69, 9.17) is 0 Å². The van der Waals surface area contributed by atoms with Gasteiger partial charge >= 0.3 is 0 Å². The lowest BCUT2D eigenvalue weighted by atomic mass is 10.1. The number of halogens is 2. The molecule has 2 aromatic carbocycles. The molecule has 5 nitrogen and oxygen atoms in total. The number of hydrogen-bond donors (Lipinski definition) is 2. The van der Waals surface area contributed by atoms with Crippen molar-refractivity contribution in [1.29, 1.82) is 0 Å². The van der Waals surface area contributed by atoms with Gasteiger partial charge in [-0.25, -0.2) is 12.8 Å². The van der Waals surface area contributed by atoms with Crippen molar-refractivity contribution in [1.82, 2.24) is 5.32 Å². The minimum Gasteiger partial charge on any atom is -0.345 e. The summed E-state index contributed by atoms with van der Waals surface area (Å²) >= 11 is 3.51. The Kier molecular flexibility index (Phi) is 4.83. The first kappa shape index (κ1) is 17.9. The number of carbonyl (C=O) groups is 1. The average Bonchev–Trinajstić information content (AvgIpc) is 2.92. The lowest BCUT2D eigenvalue weighted by Crippen LogP contribution is -2.27. The Balaban J connectivity index is 1.81. The molecule has 2 N–H and O–H groups in total. The Morgan fingerprint density at radius 1 is 1.28 bits per heavy atom. The van der Waals surface area contributed by atoms with E-state index in [1.54, 1.807) is 0 Å². The summed E-state index contributed by atoms with van der Waals surface area (Å²) in [4.78, 5) is 12.5. The maximum Gasteiger partial charge on any atom is 0.251 e. The Morgan fingerprint density at radius 3 is 2.76 bits per heavy atom. The van der Waals surface area contributed by atoms with Crippen LogP contribution in [-0.4, -0.2) is 20.6 Å². The van der Waals surface area contributed by atoms with Crippen LogP contribution in [0.3, 0.4) is 0 Å². The standard InChI is InChI=1S/C17H16BrFN2O3S/c1-25(23,24)21-16-9-10(5-7-14(16)19)17(22)20-15-8-6-11-12(15)3-2-4-13(11)18/h2-5,7,9,15,21H,6,8H2,1H3,(H,20,22). The molecule has 0 saturated carbocycles.